The lowest BCUT2D eigenvalue weighted by atomic mass is 9.99. The normalized spacial score (nSPS) is 10.6. The van der Waals surface area contributed by atoms with E-state index in [1.54, 1.807) is 4.68 Å². The third-order valence-electron chi connectivity index (χ3n) is 2.84. The standard InChI is InChI=1S/C15H17N3/c1-11(2)8-12-4-6-13(7-5-12)14-10-18(3)17-15(14)9-16/h4-7,10-11H,8H2,1-3H3. The maximum atomic E-state index is 9.04. The third-order valence-corrected chi connectivity index (χ3v) is 2.84. The summed E-state index contributed by atoms with van der Waals surface area (Å²) in [6.07, 6.45) is 2.97. The maximum Gasteiger partial charge on any atom is 0.170 e. The van der Waals surface area contributed by atoms with Gasteiger partial charge >= 0.3 is 0 Å². The molecule has 1 aromatic heterocycles. The molecule has 1 heterocycles. The predicted octanol–water partition coefficient (Wildman–Crippen LogP) is 3.16. The van der Waals surface area contributed by atoms with Gasteiger partial charge in [0, 0.05) is 18.8 Å². The van der Waals surface area contributed by atoms with Crippen LogP contribution in [-0.4, -0.2) is 9.78 Å². The first kappa shape index (κ1) is 12.4. The molecule has 0 unspecified atom stereocenters. The zero-order valence-electron chi connectivity index (χ0n) is 11.0. The molecule has 18 heavy (non-hydrogen) atoms. The first-order chi connectivity index (χ1) is 8.60. The van der Waals surface area contributed by atoms with E-state index < -0.39 is 0 Å². The van der Waals surface area contributed by atoms with Crippen molar-refractivity contribution in [3.05, 3.63) is 41.7 Å². The molecule has 0 amide bonds. The van der Waals surface area contributed by atoms with Crippen molar-refractivity contribution in [3.63, 3.8) is 0 Å². The summed E-state index contributed by atoms with van der Waals surface area (Å²) in [7, 11) is 1.83. The minimum absolute atomic E-state index is 0.481. The minimum Gasteiger partial charge on any atom is -0.274 e. The first-order valence-electron chi connectivity index (χ1n) is 6.13. The lowest BCUT2D eigenvalue weighted by Gasteiger charge is -2.05. The molecule has 3 nitrogen and oxygen atoms in total. The van der Waals surface area contributed by atoms with E-state index in [0.29, 0.717) is 11.6 Å². The SMILES string of the molecule is CC(C)Cc1ccc(-c2cn(C)nc2C#N)cc1. The Morgan fingerprint density at radius 2 is 1.94 bits per heavy atom. The van der Waals surface area contributed by atoms with E-state index in [2.05, 4.69) is 49.3 Å². The average Bonchev–Trinajstić information content (AvgIpc) is 2.71. The van der Waals surface area contributed by atoms with E-state index in [1.165, 1.54) is 5.56 Å². The average molecular weight is 239 g/mol. The van der Waals surface area contributed by atoms with Gasteiger partial charge in [0.2, 0.25) is 0 Å². The molecular weight excluding hydrogens is 222 g/mol. The van der Waals surface area contributed by atoms with E-state index in [4.69, 9.17) is 5.26 Å². The molecule has 0 aliphatic rings. The summed E-state index contributed by atoms with van der Waals surface area (Å²) in [5.41, 5.74) is 3.76. The Hall–Kier alpha value is -2.08. The second kappa shape index (κ2) is 5.05. The second-order valence-electron chi connectivity index (χ2n) is 4.97. The van der Waals surface area contributed by atoms with Crippen LogP contribution in [0, 0.1) is 17.2 Å². The second-order valence-corrected chi connectivity index (χ2v) is 4.97. The van der Waals surface area contributed by atoms with Crippen molar-refractivity contribution in [2.24, 2.45) is 13.0 Å². The molecule has 0 radical (unpaired) electrons. The summed E-state index contributed by atoms with van der Waals surface area (Å²) in [5, 5.41) is 13.2. The van der Waals surface area contributed by atoms with Crippen molar-refractivity contribution < 1.29 is 0 Å². The molecule has 0 aliphatic carbocycles. The number of nitriles is 1. The monoisotopic (exact) mass is 239 g/mol. The molecular formula is C15H17N3. The predicted molar refractivity (Wildman–Crippen MR) is 71.9 cm³/mol. The van der Waals surface area contributed by atoms with Gasteiger partial charge in [-0.15, -0.1) is 0 Å². The van der Waals surface area contributed by atoms with Crippen molar-refractivity contribution in [2.45, 2.75) is 20.3 Å². The Morgan fingerprint density at radius 3 is 2.50 bits per heavy atom. The highest BCUT2D eigenvalue weighted by molar-refractivity contribution is 5.68. The summed E-state index contributed by atoms with van der Waals surface area (Å²) in [6.45, 7) is 4.42. The van der Waals surface area contributed by atoms with Crippen LogP contribution in [0.1, 0.15) is 25.1 Å². The fourth-order valence-electron chi connectivity index (χ4n) is 2.07. The Kier molecular flexibility index (Phi) is 3.47. The van der Waals surface area contributed by atoms with Gasteiger partial charge in [0.15, 0.2) is 5.69 Å². The van der Waals surface area contributed by atoms with Crippen LogP contribution in [-0.2, 0) is 13.5 Å². The van der Waals surface area contributed by atoms with Gasteiger partial charge in [0.25, 0.3) is 0 Å². The van der Waals surface area contributed by atoms with Gasteiger partial charge in [-0.3, -0.25) is 4.68 Å². The van der Waals surface area contributed by atoms with Gasteiger partial charge < -0.3 is 0 Å². The Morgan fingerprint density at radius 1 is 1.28 bits per heavy atom. The van der Waals surface area contributed by atoms with Crippen molar-refractivity contribution in [1.82, 2.24) is 9.78 Å². The molecule has 0 N–H and O–H groups in total. The minimum atomic E-state index is 0.481. The molecule has 0 saturated carbocycles. The lowest BCUT2D eigenvalue weighted by Crippen LogP contribution is -1.93. The Balaban J connectivity index is 2.32. The molecule has 0 saturated heterocycles. The zero-order valence-corrected chi connectivity index (χ0v) is 11.0. The highest BCUT2D eigenvalue weighted by Gasteiger charge is 2.09. The van der Waals surface area contributed by atoms with Gasteiger partial charge in [-0.1, -0.05) is 38.1 Å². The number of aromatic nitrogens is 2. The fourth-order valence-corrected chi connectivity index (χ4v) is 2.07. The lowest BCUT2D eigenvalue weighted by molar-refractivity contribution is 0.647. The molecule has 2 aromatic rings. The van der Waals surface area contributed by atoms with Crippen LogP contribution in [0.3, 0.4) is 0 Å². The summed E-state index contributed by atoms with van der Waals surface area (Å²) in [4.78, 5) is 0. The number of nitrogens with zero attached hydrogens (tertiary/aromatic N) is 3. The van der Waals surface area contributed by atoms with Crippen molar-refractivity contribution in [1.29, 1.82) is 5.26 Å². The molecule has 0 atom stereocenters. The molecule has 3 heteroatoms. The van der Waals surface area contributed by atoms with E-state index in [0.717, 1.165) is 17.5 Å². The maximum absolute atomic E-state index is 9.04. The van der Waals surface area contributed by atoms with Crippen LogP contribution in [0.5, 0.6) is 0 Å². The van der Waals surface area contributed by atoms with E-state index in [-0.39, 0.29) is 0 Å². The van der Waals surface area contributed by atoms with Gasteiger partial charge in [-0.25, -0.2) is 0 Å². The Labute approximate surface area is 108 Å². The van der Waals surface area contributed by atoms with Gasteiger partial charge in [0.05, 0.1) is 0 Å². The molecule has 0 spiro atoms. The van der Waals surface area contributed by atoms with Crippen LogP contribution in [0.25, 0.3) is 11.1 Å². The summed E-state index contributed by atoms with van der Waals surface area (Å²) >= 11 is 0. The molecule has 0 fully saturated rings. The summed E-state index contributed by atoms with van der Waals surface area (Å²) < 4.78 is 1.68. The molecule has 92 valence electrons. The molecule has 0 bridgehead atoms. The van der Waals surface area contributed by atoms with Gasteiger partial charge in [0.1, 0.15) is 6.07 Å². The van der Waals surface area contributed by atoms with Crippen LogP contribution in [0.2, 0.25) is 0 Å². The van der Waals surface area contributed by atoms with Crippen LogP contribution in [0.15, 0.2) is 30.5 Å². The smallest absolute Gasteiger partial charge is 0.170 e. The molecule has 1 aromatic carbocycles. The third kappa shape index (κ3) is 2.60. The van der Waals surface area contributed by atoms with Gasteiger partial charge in [-0.2, -0.15) is 10.4 Å². The van der Waals surface area contributed by atoms with Crippen LogP contribution >= 0.6 is 0 Å². The van der Waals surface area contributed by atoms with Crippen LogP contribution < -0.4 is 0 Å². The highest BCUT2D eigenvalue weighted by atomic mass is 15.2. The number of hydrogen-bond donors (Lipinski definition) is 0. The largest absolute Gasteiger partial charge is 0.274 e. The number of hydrogen-bond acceptors (Lipinski definition) is 2. The highest BCUT2D eigenvalue weighted by Crippen LogP contribution is 2.23. The topological polar surface area (TPSA) is 41.6 Å². The molecule has 0 aliphatic heterocycles. The van der Waals surface area contributed by atoms with Crippen molar-refractivity contribution in [2.75, 3.05) is 0 Å². The van der Waals surface area contributed by atoms with Crippen LogP contribution in [0.4, 0.5) is 0 Å². The summed E-state index contributed by atoms with van der Waals surface area (Å²) in [5.74, 6) is 0.656. The quantitative estimate of drug-likeness (QED) is 0.825. The molecule has 2 rings (SSSR count). The van der Waals surface area contributed by atoms with Crippen molar-refractivity contribution >= 4 is 0 Å². The number of aryl methyl sites for hydroxylation is 1. The number of rotatable bonds is 3. The van der Waals surface area contributed by atoms with E-state index in [9.17, 15) is 0 Å². The van der Waals surface area contributed by atoms with Gasteiger partial charge in [-0.05, 0) is 23.5 Å². The van der Waals surface area contributed by atoms with E-state index >= 15 is 0 Å². The Bertz CT molecular complexity index is 571. The van der Waals surface area contributed by atoms with E-state index in [1.807, 2.05) is 13.2 Å². The first-order valence-corrected chi connectivity index (χ1v) is 6.13. The zero-order chi connectivity index (χ0) is 13.1. The number of benzene rings is 1. The summed E-state index contributed by atoms with van der Waals surface area (Å²) in [6, 6.07) is 10.5. The fraction of sp³-hybridized carbons (Fsp3) is 0.333. The van der Waals surface area contributed by atoms with Crippen molar-refractivity contribution in [3.8, 4) is 17.2 Å².